The van der Waals surface area contributed by atoms with Crippen LogP contribution in [0, 0.1) is 0 Å². The lowest BCUT2D eigenvalue weighted by atomic mass is 10.0. The average Bonchev–Trinajstić information content (AvgIpc) is 2.86. The molecule has 0 aliphatic rings. The molecule has 0 aromatic heterocycles. The normalized spacial score (nSPS) is 17.7. The molecule has 0 aliphatic carbocycles. The highest BCUT2D eigenvalue weighted by Crippen LogP contribution is 2.35. The Balaban J connectivity index is 3.16. The molecule has 11 heteroatoms. The molecule has 4 unspecified atom stereocenters. The number of nitrogens with two attached hydrogens (primary N) is 1. The van der Waals surface area contributed by atoms with Crippen LogP contribution in [0.5, 0.6) is 0 Å². The average molecular weight is 687 g/mol. The summed E-state index contributed by atoms with van der Waals surface area (Å²) in [5, 5.41) is 3.36. The van der Waals surface area contributed by atoms with E-state index in [1.807, 2.05) is 0 Å². The molecule has 0 spiro atoms. The molecule has 0 bridgehead atoms. The van der Waals surface area contributed by atoms with Gasteiger partial charge in [0.2, 0.25) is 0 Å². The predicted octanol–water partition coefficient (Wildman–Crippen LogP) is 9.71. The van der Waals surface area contributed by atoms with Gasteiger partial charge in [-0.15, -0.1) is 0 Å². The molecule has 1 rings (SSSR count). The number of hydrogen-bond acceptors (Lipinski definition) is 6. The van der Waals surface area contributed by atoms with Crippen molar-refractivity contribution in [1.82, 2.24) is 5.32 Å². The second kappa shape index (κ2) is 19.7. The quantitative estimate of drug-likeness (QED) is 0.0606. The third-order valence-electron chi connectivity index (χ3n) is 7.53. The van der Waals surface area contributed by atoms with Gasteiger partial charge in [0, 0.05) is 12.8 Å². The standard InChI is InChI=1S/C32H70N2O4Si5/c1-12-13-14-15-16-17-18-19-20-24-27-41(9,35-39(3,4)5)37-42(10,28-31(2)32-25-22-21-23-26-32)38-43(11,30-34-29-33)36-40(6,7)8/h21-23,25-26,31,34H,12-20,24,27-30,33H2,1-11H3. The first-order chi connectivity index (χ1) is 19.9. The first-order valence-electron chi connectivity index (χ1n) is 17.2. The van der Waals surface area contributed by atoms with E-state index in [0.29, 0.717) is 18.8 Å². The van der Waals surface area contributed by atoms with Gasteiger partial charge in [0.05, 0.1) is 0 Å². The fraction of sp³-hybridized carbons (Fsp3) is 0.812. The molecule has 1 aromatic carbocycles. The highest BCUT2D eigenvalue weighted by Gasteiger charge is 2.50. The highest BCUT2D eigenvalue weighted by atomic mass is 28.5. The van der Waals surface area contributed by atoms with Crippen molar-refractivity contribution < 1.29 is 16.5 Å². The van der Waals surface area contributed by atoms with Crippen molar-refractivity contribution in [2.75, 3.05) is 12.8 Å². The van der Waals surface area contributed by atoms with Crippen LogP contribution in [-0.4, -0.2) is 55.2 Å². The maximum Gasteiger partial charge on any atom is 0.330 e. The molecule has 3 N–H and O–H groups in total. The summed E-state index contributed by atoms with van der Waals surface area (Å²) in [5.41, 5.74) is 7.23. The highest BCUT2D eigenvalue weighted by molar-refractivity contribution is 6.91. The van der Waals surface area contributed by atoms with Gasteiger partial charge in [-0.1, -0.05) is 108 Å². The van der Waals surface area contributed by atoms with Gasteiger partial charge in [-0.25, -0.2) is 0 Å². The molecule has 0 saturated heterocycles. The van der Waals surface area contributed by atoms with Crippen molar-refractivity contribution in [2.45, 2.75) is 155 Å². The molecular formula is C32H70N2O4Si5. The zero-order valence-corrected chi connectivity index (χ0v) is 35.1. The third-order valence-corrected chi connectivity index (χ3v) is 26.3. The van der Waals surface area contributed by atoms with Crippen molar-refractivity contribution in [3.8, 4) is 0 Å². The van der Waals surface area contributed by atoms with Gasteiger partial charge >= 0.3 is 25.7 Å². The number of unbranched alkanes of at least 4 members (excludes halogenated alkanes) is 9. The second-order valence-electron chi connectivity index (χ2n) is 15.1. The van der Waals surface area contributed by atoms with Crippen molar-refractivity contribution in [3.63, 3.8) is 0 Å². The van der Waals surface area contributed by atoms with Crippen LogP contribution >= 0.6 is 0 Å². The Hall–Kier alpha value is 0.0644. The summed E-state index contributed by atoms with van der Waals surface area (Å²) < 4.78 is 28.7. The van der Waals surface area contributed by atoms with Gasteiger partial charge in [0.25, 0.3) is 0 Å². The zero-order chi connectivity index (χ0) is 32.6. The predicted molar refractivity (Wildman–Crippen MR) is 199 cm³/mol. The summed E-state index contributed by atoms with van der Waals surface area (Å²) in [4.78, 5) is 0. The van der Waals surface area contributed by atoms with Crippen LogP contribution in [0.4, 0.5) is 0 Å². The molecule has 43 heavy (non-hydrogen) atoms. The minimum absolute atomic E-state index is 0.313. The number of hydrogen-bond donors (Lipinski definition) is 2. The van der Waals surface area contributed by atoms with Gasteiger partial charge in [0.15, 0.2) is 16.6 Å². The van der Waals surface area contributed by atoms with Crippen LogP contribution in [0.1, 0.15) is 89.5 Å². The van der Waals surface area contributed by atoms with Gasteiger partial charge in [-0.05, 0) is 82.5 Å². The smallest absolute Gasteiger partial charge is 0.330 e. The van der Waals surface area contributed by atoms with E-state index in [-0.39, 0.29) is 0 Å². The van der Waals surface area contributed by atoms with Crippen molar-refractivity contribution in [3.05, 3.63) is 35.9 Å². The van der Waals surface area contributed by atoms with Crippen LogP contribution < -0.4 is 11.1 Å². The van der Waals surface area contributed by atoms with Crippen LogP contribution in [0.2, 0.25) is 71.0 Å². The number of nitrogens with one attached hydrogen (secondary N) is 1. The topological polar surface area (TPSA) is 75.0 Å². The van der Waals surface area contributed by atoms with Crippen molar-refractivity contribution in [1.29, 1.82) is 0 Å². The fourth-order valence-electron chi connectivity index (χ4n) is 6.22. The molecule has 252 valence electrons. The summed E-state index contributed by atoms with van der Waals surface area (Å²) in [6.07, 6.45) is 14.0. The molecule has 0 saturated carbocycles. The second-order valence-corrected chi connectivity index (χ2v) is 34.9. The molecular weight excluding hydrogens is 617 g/mol. The summed E-state index contributed by atoms with van der Waals surface area (Å²) in [6.45, 7) is 25.4. The molecule has 1 aromatic rings. The molecule has 0 heterocycles. The van der Waals surface area contributed by atoms with Gasteiger partial charge in [-0.2, -0.15) is 0 Å². The van der Waals surface area contributed by atoms with Crippen molar-refractivity contribution in [2.24, 2.45) is 5.73 Å². The Labute approximate surface area is 272 Å². The number of benzene rings is 1. The van der Waals surface area contributed by atoms with E-state index < -0.39 is 42.3 Å². The first kappa shape index (κ1) is 41.1. The molecule has 6 nitrogen and oxygen atoms in total. The lowest BCUT2D eigenvalue weighted by Gasteiger charge is -2.46. The van der Waals surface area contributed by atoms with Gasteiger partial charge < -0.3 is 27.5 Å². The molecule has 0 radical (unpaired) electrons. The maximum absolute atomic E-state index is 7.45. The van der Waals surface area contributed by atoms with E-state index in [2.05, 4.69) is 108 Å². The van der Waals surface area contributed by atoms with Gasteiger partial charge in [-0.3, -0.25) is 0 Å². The van der Waals surface area contributed by atoms with Crippen LogP contribution in [0.25, 0.3) is 0 Å². The van der Waals surface area contributed by atoms with E-state index in [4.69, 9.17) is 22.2 Å². The van der Waals surface area contributed by atoms with E-state index in [1.54, 1.807) is 0 Å². The molecule has 0 amide bonds. The lowest BCUT2D eigenvalue weighted by Crippen LogP contribution is -2.64. The van der Waals surface area contributed by atoms with E-state index >= 15 is 0 Å². The Bertz CT molecular complexity index is 874. The van der Waals surface area contributed by atoms with Gasteiger partial charge in [0.1, 0.15) is 0 Å². The van der Waals surface area contributed by atoms with Crippen LogP contribution in [0.3, 0.4) is 0 Å². The van der Waals surface area contributed by atoms with E-state index in [9.17, 15) is 0 Å². The fourth-order valence-corrected chi connectivity index (χ4v) is 30.4. The maximum atomic E-state index is 7.45. The van der Waals surface area contributed by atoms with E-state index in [0.717, 1.165) is 18.5 Å². The Morgan fingerprint density at radius 2 is 1.09 bits per heavy atom. The van der Waals surface area contributed by atoms with Crippen molar-refractivity contribution >= 4 is 42.3 Å². The first-order valence-corrected chi connectivity index (χ1v) is 31.6. The largest absolute Gasteiger partial charge is 0.437 e. The Morgan fingerprint density at radius 3 is 1.58 bits per heavy atom. The summed E-state index contributed by atoms with van der Waals surface area (Å²) in [7, 11) is -11.7. The monoisotopic (exact) mass is 686 g/mol. The summed E-state index contributed by atoms with van der Waals surface area (Å²) in [5.74, 6) is 0.313. The molecule has 4 atom stereocenters. The Kier molecular flexibility index (Phi) is 18.8. The van der Waals surface area contributed by atoms with Crippen LogP contribution in [0.15, 0.2) is 30.3 Å². The Morgan fingerprint density at radius 1 is 0.628 bits per heavy atom. The van der Waals surface area contributed by atoms with E-state index in [1.165, 1.54) is 63.4 Å². The summed E-state index contributed by atoms with van der Waals surface area (Å²) in [6, 6.07) is 12.7. The number of rotatable bonds is 25. The summed E-state index contributed by atoms with van der Waals surface area (Å²) >= 11 is 0. The zero-order valence-electron chi connectivity index (χ0n) is 30.1. The molecule has 0 aliphatic heterocycles. The third kappa shape index (κ3) is 19.4. The SMILES string of the molecule is CCCCCCCCCCCC[Si](C)(O[Si](C)(C)C)O[Si](C)(CC(C)c1ccccc1)O[Si](C)(CNCN)O[Si](C)(C)C. The van der Waals surface area contributed by atoms with Crippen LogP contribution in [-0.2, 0) is 16.5 Å². The lowest BCUT2D eigenvalue weighted by molar-refractivity contribution is 0.280. The molecule has 0 fully saturated rings. The minimum Gasteiger partial charge on any atom is -0.437 e. The minimum atomic E-state index is -2.78.